The quantitative estimate of drug-likeness (QED) is 0.662. The highest BCUT2D eigenvalue weighted by atomic mass is 16.7. The van der Waals surface area contributed by atoms with Gasteiger partial charge in [-0.05, 0) is 61.8 Å². The lowest BCUT2D eigenvalue weighted by Crippen LogP contribution is -2.46. The van der Waals surface area contributed by atoms with Crippen LogP contribution in [-0.4, -0.2) is 36.2 Å². The highest BCUT2D eigenvalue weighted by molar-refractivity contribution is 6.62. The number of hydrogen-bond acceptors (Lipinski definition) is 4. The van der Waals surface area contributed by atoms with Gasteiger partial charge in [0, 0.05) is 12.0 Å². The lowest BCUT2D eigenvalue weighted by atomic mass is 9.78. The van der Waals surface area contributed by atoms with Crippen LogP contribution in [0.15, 0.2) is 48.5 Å². The van der Waals surface area contributed by atoms with Crippen molar-refractivity contribution in [3.8, 4) is 0 Å². The second-order valence-corrected chi connectivity index (χ2v) is 10.8. The zero-order valence-corrected chi connectivity index (χ0v) is 20.7. The van der Waals surface area contributed by atoms with E-state index in [2.05, 4.69) is 26.1 Å². The summed E-state index contributed by atoms with van der Waals surface area (Å²) in [4.78, 5) is 24.8. The fourth-order valence-electron chi connectivity index (χ4n) is 3.61. The van der Waals surface area contributed by atoms with E-state index in [4.69, 9.17) is 15.0 Å². The van der Waals surface area contributed by atoms with Gasteiger partial charge in [-0.3, -0.25) is 9.59 Å². The van der Waals surface area contributed by atoms with Gasteiger partial charge in [0.1, 0.15) is 6.04 Å². The van der Waals surface area contributed by atoms with Crippen LogP contribution in [0.3, 0.4) is 0 Å². The molecule has 0 spiro atoms. The van der Waals surface area contributed by atoms with Crippen LogP contribution in [0.1, 0.15) is 70.0 Å². The molecule has 0 bridgehead atoms. The molecule has 2 amide bonds. The summed E-state index contributed by atoms with van der Waals surface area (Å²) in [6.45, 7) is 14.4. The van der Waals surface area contributed by atoms with Crippen molar-refractivity contribution in [3.63, 3.8) is 0 Å². The first-order valence-electron chi connectivity index (χ1n) is 11.3. The Morgan fingerprint density at radius 1 is 0.939 bits per heavy atom. The summed E-state index contributed by atoms with van der Waals surface area (Å²) in [6.07, 6.45) is 0.296. The molecule has 33 heavy (non-hydrogen) atoms. The minimum atomic E-state index is -0.817. The van der Waals surface area contributed by atoms with E-state index in [0.717, 1.165) is 16.6 Å². The summed E-state index contributed by atoms with van der Waals surface area (Å²) in [7, 11) is -0.452. The maximum Gasteiger partial charge on any atom is 0.494 e. The number of nitrogens with two attached hydrogens (primary N) is 1. The number of carbonyl (C=O) groups is 2. The van der Waals surface area contributed by atoms with Gasteiger partial charge in [-0.15, -0.1) is 0 Å². The summed E-state index contributed by atoms with van der Waals surface area (Å²) in [5.74, 6) is -0.905. The fraction of sp³-hybridized carbons (Fsp3) is 0.462. The second kappa shape index (κ2) is 8.95. The van der Waals surface area contributed by atoms with Gasteiger partial charge in [0.05, 0.1) is 11.2 Å². The molecule has 1 aliphatic heterocycles. The first-order valence-corrected chi connectivity index (χ1v) is 11.3. The molecule has 1 saturated heterocycles. The van der Waals surface area contributed by atoms with Crippen molar-refractivity contribution < 1.29 is 18.9 Å². The van der Waals surface area contributed by atoms with E-state index in [9.17, 15) is 9.59 Å². The Kier molecular flexibility index (Phi) is 6.78. The Labute approximate surface area is 197 Å². The number of carbonyl (C=O) groups excluding carboxylic acids is 2. The number of rotatable bonds is 6. The number of hydrogen-bond donors (Lipinski definition) is 2. The summed E-state index contributed by atoms with van der Waals surface area (Å²) < 4.78 is 12.2. The predicted molar refractivity (Wildman–Crippen MR) is 131 cm³/mol. The van der Waals surface area contributed by atoms with Crippen LogP contribution in [0, 0.1) is 0 Å². The summed E-state index contributed by atoms with van der Waals surface area (Å²) in [5.41, 5.74) is 8.16. The minimum absolute atomic E-state index is 0.00297. The monoisotopic (exact) mass is 450 g/mol. The molecule has 0 aliphatic carbocycles. The smallest absolute Gasteiger partial charge is 0.399 e. The molecule has 7 heteroatoms. The van der Waals surface area contributed by atoms with Crippen LogP contribution < -0.4 is 16.5 Å². The van der Waals surface area contributed by atoms with Crippen LogP contribution in [0.25, 0.3) is 0 Å². The number of primary amides is 1. The predicted octanol–water partition coefficient (Wildman–Crippen LogP) is 3.11. The van der Waals surface area contributed by atoms with Crippen LogP contribution in [0.4, 0.5) is 0 Å². The fourth-order valence-corrected chi connectivity index (χ4v) is 3.61. The third kappa shape index (κ3) is 5.65. The van der Waals surface area contributed by atoms with E-state index in [0.29, 0.717) is 12.0 Å². The number of benzene rings is 2. The van der Waals surface area contributed by atoms with Gasteiger partial charge in [0.25, 0.3) is 5.91 Å². The average Bonchev–Trinajstić information content (AvgIpc) is 2.94. The third-order valence-electron chi connectivity index (χ3n) is 6.61. The van der Waals surface area contributed by atoms with E-state index < -0.39 is 30.3 Å². The molecule has 2 aromatic carbocycles. The zero-order chi connectivity index (χ0) is 24.6. The van der Waals surface area contributed by atoms with Crippen LogP contribution >= 0.6 is 0 Å². The molecule has 2 aromatic rings. The molecular formula is C26H35BN2O4. The van der Waals surface area contributed by atoms with Crippen molar-refractivity contribution in [2.24, 2.45) is 5.73 Å². The molecule has 176 valence electrons. The lowest BCUT2D eigenvalue weighted by molar-refractivity contribution is -0.119. The maximum absolute atomic E-state index is 12.7. The molecule has 0 radical (unpaired) electrons. The molecule has 6 nitrogen and oxygen atoms in total. The molecule has 1 heterocycles. The van der Waals surface area contributed by atoms with Crippen molar-refractivity contribution in [2.75, 3.05) is 0 Å². The third-order valence-corrected chi connectivity index (χ3v) is 6.61. The lowest BCUT2D eigenvalue weighted by Gasteiger charge is -2.32. The Morgan fingerprint density at radius 3 is 1.91 bits per heavy atom. The SMILES string of the molecule is CC(C)(C)c1ccc(C(=O)N[C@H](Cc2ccc(B3OC(C)(C)C(C)(C)O3)cc2)C(N)=O)cc1. The Morgan fingerprint density at radius 2 is 1.45 bits per heavy atom. The average molecular weight is 450 g/mol. The molecule has 0 saturated carbocycles. The maximum atomic E-state index is 12.7. The molecule has 1 fully saturated rings. The van der Waals surface area contributed by atoms with Gasteiger partial charge in [-0.2, -0.15) is 0 Å². The van der Waals surface area contributed by atoms with E-state index >= 15 is 0 Å². The Bertz CT molecular complexity index is 992. The molecule has 1 atom stereocenters. The van der Waals surface area contributed by atoms with Crippen molar-refractivity contribution in [3.05, 3.63) is 65.2 Å². The summed E-state index contributed by atoms with van der Waals surface area (Å²) >= 11 is 0. The Hall–Kier alpha value is -2.64. The molecule has 0 aromatic heterocycles. The van der Waals surface area contributed by atoms with E-state index in [1.54, 1.807) is 12.1 Å². The van der Waals surface area contributed by atoms with Gasteiger partial charge < -0.3 is 20.4 Å². The molecule has 0 unspecified atom stereocenters. The minimum Gasteiger partial charge on any atom is -0.399 e. The molecule has 3 N–H and O–H groups in total. The topological polar surface area (TPSA) is 90.7 Å². The van der Waals surface area contributed by atoms with Crippen molar-refractivity contribution in [1.29, 1.82) is 0 Å². The van der Waals surface area contributed by atoms with Gasteiger partial charge in [0.15, 0.2) is 0 Å². The van der Waals surface area contributed by atoms with Gasteiger partial charge >= 0.3 is 7.12 Å². The number of nitrogens with one attached hydrogen (secondary N) is 1. The van der Waals surface area contributed by atoms with E-state index in [-0.39, 0.29) is 11.3 Å². The first kappa shape index (κ1) is 25.0. The Balaban J connectivity index is 1.67. The first-order chi connectivity index (χ1) is 15.2. The largest absolute Gasteiger partial charge is 0.494 e. The van der Waals surface area contributed by atoms with Gasteiger partial charge in [-0.25, -0.2) is 0 Å². The molecule has 3 rings (SSSR count). The molecule has 1 aliphatic rings. The normalized spacial score (nSPS) is 18.1. The standard InChI is InChI=1S/C26H35BN2O4/c1-24(2,3)19-12-10-18(11-13-19)23(31)29-21(22(28)30)16-17-8-14-20(15-9-17)27-32-25(4,5)26(6,7)33-27/h8-15,21H,16H2,1-7H3,(H2,28,30)(H,29,31)/t21-/m1/s1. The zero-order valence-electron chi connectivity index (χ0n) is 20.7. The highest BCUT2D eigenvalue weighted by Gasteiger charge is 2.51. The summed E-state index contributed by atoms with van der Waals surface area (Å²) in [5, 5.41) is 2.77. The van der Waals surface area contributed by atoms with Crippen LogP contribution in [0.2, 0.25) is 0 Å². The van der Waals surface area contributed by atoms with Gasteiger partial charge in [-0.1, -0.05) is 57.2 Å². The van der Waals surface area contributed by atoms with E-state index in [1.807, 2.05) is 64.1 Å². The number of amides is 2. The molecular weight excluding hydrogens is 415 g/mol. The van der Waals surface area contributed by atoms with E-state index in [1.165, 1.54) is 0 Å². The van der Waals surface area contributed by atoms with Crippen molar-refractivity contribution in [2.45, 2.75) is 77.5 Å². The van der Waals surface area contributed by atoms with Gasteiger partial charge in [0.2, 0.25) is 5.91 Å². The second-order valence-electron chi connectivity index (χ2n) is 10.8. The van der Waals surface area contributed by atoms with Crippen LogP contribution in [0.5, 0.6) is 0 Å². The summed E-state index contributed by atoms with van der Waals surface area (Å²) in [6, 6.07) is 14.2. The van der Waals surface area contributed by atoms with Crippen molar-refractivity contribution in [1.82, 2.24) is 5.32 Å². The van der Waals surface area contributed by atoms with Crippen molar-refractivity contribution >= 4 is 24.4 Å². The highest BCUT2D eigenvalue weighted by Crippen LogP contribution is 2.36. The van der Waals surface area contributed by atoms with Crippen LogP contribution in [-0.2, 0) is 25.9 Å².